The van der Waals surface area contributed by atoms with Gasteiger partial charge in [-0.05, 0) is 25.5 Å². The average molecular weight is 256 g/mol. The Balaban J connectivity index is 0.000000366. The maximum atomic E-state index is 10.5. The molecule has 1 aromatic rings. The van der Waals surface area contributed by atoms with Crippen LogP contribution in [0.25, 0.3) is 0 Å². The van der Waals surface area contributed by atoms with Gasteiger partial charge in [-0.25, -0.2) is 0 Å². The highest BCUT2D eigenvalue weighted by Crippen LogP contribution is 2.08. The SMILES string of the molecule is CCCC#CO.Cc1ccc(S(=O)(=O)O)cc1. The van der Waals surface area contributed by atoms with E-state index in [4.69, 9.17) is 9.66 Å². The van der Waals surface area contributed by atoms with Gasteiger partial charge < -0.3 is 5.11 Å². The quantitative estimate of drug-likeness (QED) is 0.629. The fraction of sp³-hybridized carbons (Fsp3) is 0.333. The molecule has 0 radical (unpaired) electrons. The predicted molar refractivity (Wildman–Crippen MR) is 65.6 cm³/mol. The normalized spacial score (nSPS) is 9.59. The highest BCUT2D eigenvalue weighted by Gasteiger charge is 2.06. The summed E-state index contributed by atoms with van der Waals surface area (Å²) in [5, 5.41) is 7.84. The van der Waals surface area contributed by atoms with Crippen molar-refractivity contribution in [2.45, 2.75) is 31.6 Å². The molecule has 0 fully saturated rings. The van der Waals surface area contributed by atoms with Gasteiger partial charge in [0.25, 0.3) is 10.1 Å². The number of aliphatic hydroxyl groups is 1. The molecule has 0 aliphatic rings. The van der Waals surface area contributed by atoms with Gasteiger partial charge in [0, 0.05) is 6.42 Å². The molecule has 0 bridgehead atoms. The third kappa shape index (κ3) is 7.39. The maximum absolute atomic E-state index is 10.5. The number of hydrogen-bond acceptors (Lipinski definition) is 3. The molecule has 0 heterocycles. The summed E-state index contributed by atoms with van der Waals surface area (Å²) in [6, 6.07) is 5.99. The molecule has 0 saturated carbocycles. The van der Waals surface area contributed by atoms with Gasteiger partial charge in [-0.15, -0.1) is 0 Å². The number of benzene rings is 1. The molecule has 2 N–H and O–H groups in total. The molecule has 0 aliphatic carbocycles. The van der Waals surface area contributed by atoms with E-state index in [0.717, 1.165) is 18.4 Å². The molecule has 5 heteroatoms. The van der Waals surface area contributed by atoms with E-state index in [0.29, 0.717) is 0 Å². The van der Waals surface area contributed by atoms with E-state index in [-0.39, 0.29) is 4.90 Å². The van der Waals surface area contributed by atoms with Crippen molar-refractivity contribution >= 4 is 10.1 Å². The fourth-order valence-corrected chi connectivity index (χ4v) is 1.37. The van der Waals surface area contributed by atoms with Crippen molar-refractivity contribution in [1.29, 1.82) is 0 Å². The summed E-state index contributed by atoms with van der Waals surface area (Å²) < 4.78 is 29.6. The minimum atomic E-state index is -4.02. The number of aliphatic hydroxyl groups excluding tert-OH is 1. The molecular weight excluding hydrogens is 240 g/mol. The lowest BCUT2D eigenvalue weighted by atomic mass is 10.2. The van der Waals surface area contributed by atoms with Crippen LogP contribution in [0.3, 0.4) is 0 Å². The van der Waals surface area contributed by atoms with Crippen LogP contribution in [0.5, 0.6) is 0 Å². The van der Waals surface area contributed by atoms with Crippen LogP contribution in [0, 0.1) is 19.0 Å². The zero-order valence-corrected chi connectivity index (χ0v) is 10.7. The van der Waals surface area contributed by atoms with Crippen molar-refractivity contribution in [3.05, 3.63) is 29.8 Å². The van der Waals surface area contributed by atoms with Gasteiger partial charge in [-0.1, -0.05) is 30.5 Å². The van der Waals surface area contributed by atoms with Gasteiger partial charge in [0.1, 0.15) is 6.11 Å². The van der Waals surface area contributed by atoms with Crippen molar-refractivity contribution in [3.8, 4) is 12.0 Å². The lowest BCUT2D eigenvalue weighted by Crippen LogP contribution is -1.96. The first kappa shape index (κ1) is 15.5. The number of unbranched alkanes of at least 4 members (excludes halogenated alkanes) is 1. The minimum absolute atomic E-state index is 0.0666. The largest absolute Gasteiger partial charge is 0.462 e. The second-order valence-corrected chi connectivity index (χ2v) is 4.75. The Morgan fingerprint density at radius 1 is 1.24 bits per heavy atom. The van der Waals surface area contributed by atoms with Gasteiger partial charge in [0.15, 0.2) is 0 Å². The second-order valence-electron chi connectivity index (χ2n) is 3.33. The lowest BCUT2D eigenvalue weighted by molar-refractivity contribution is 0.483. The first-order valence-corrected chi connectivity index (χ1v) is 6.52. The first-order valence-electron chi connectivity index (χ1n) is 5.08. The molecule has 0 unspecified atom stereocenters. The van der Waals surface area contributed by atoms with Crippen LogP contribution in [-0.4, -0.2) is 18.1 Å². The van der Waals surface area contributed by atoms with Crippen molar-refractivity contribution in [2.75, 3.05) is 0 Å². The monoisotopic (exact) mass is 256 g/mol. The van der Waals surface area contributed by atoms with Crippen LogP contribution in [0.1, 0.15) is 25.3 Å². The Morgan fingerprint density at radius 2 is 1.76 bits per heavy atom. The van der Waals surface area contributed by atoms with Crippen molar-refractivity contribution in [3.63, 3.8) is 0 Å². The molecule has 0 aromatic heterocycles. The smallest absolute Gasteiger partial charge is 0.294 e. The predicted octanol–water partition coefficient (Wildman–Crippen LogP) is 2.36. The molecule has 1 rings (SSSR count). The molecule has 1 aromatic carbocycles. The summed E-state index contributed by atoms with van der Waals surface area (Å²) >= 11 is 0. The molecule has 17 heavy (non-hydrogen) atoms. The van der Waals surface area contributed by atoms with Gasteiger partial charge in [-0.3, -0.25) is 4.55 Å². The summed E-state index contributed by atoms with van der Waals surface area (Å²) in [4.78, 5) is -0.0666. The van der Waals surface area contributed by atoms with Crippen LogP contribution < -0.4 is 0 Å². The Bertz CT molecular complexity index is 477. The van der Waals surface area contributed by atoms with Gasteiger partial charge in [-0.2, -0.15) is 8.42 Å². The Hall–Kier alpha value is -1.51. The summed E-state index contributed by atoms with van der Waals surface area (Å²) in [6.45, 7) is 3.86. The summed E-state index contributed by atoms with van der Waals surface area (Å²) in [6.07, 6.45) is 3.64. The second kappa shape index (κ2) is 7.71. The topological polar surface area (TPSA) is 74.6 Å². The van der Waals surface area contributed by atoms with Crippen molar-refractivity contribution in [2.24, 2.45) is 0 Å². The highest BCUT2D eigenvalue weighted by molar-refractivity contribution is 7.85. The Kier molecular flexibility index (Phi) is 7.03. The van der Waals surface area contributed by atoms with Crippen LogP contribution in [0.2, 0.25) is 0 Å². The van der Waals surface area contributed by atoms with Crippen LogP contribution >= 0.6 is 0 Å². The minimum Gasteiger partial charge on any atom is -0.462 e. The van der Waals surface area contributed by atoms with Crippen molar-refractivity contribution in [1.82, 2.24) is 0 Å². The zero-order valence-electron chi connectivity index (χ0n) is 9.84. The average Bonchev–Trinajstić information content (AvgIpc) is 2.26. The number of hydrogen-bond donors (Lipinski definition) is 2. The van der Waals surface area contributed by atoms with Gasteiger partial charge >= 0.3 is 0 Å². The Morgan fingerprint density at radius 3 is 2.06 bits per heavy atom. The highest BCUT2D eigenvalue weighted by atomic mass is 32.2. The molecule has 0 spiro atoms. The van der Waals surface area contributed by atoms with Crippen LogP contribution in [-0.2, 0) is 10.1 Å². The standard InChI is InChI=1S/C7H8O3S.C5H8O/c1-6-2-4-7(5-3-6)11(8,9)10;1-2-3-4-5-6/h2-5H,1H3,(H,8,9,10);6H,2-3H2,1H3. The number of aryl methyl sites for hydroxylation is 1. The fourth-order valence-electron chi connectivity index (χ4n) is 0.891. The van der Waals surface area contributed by atoms with E-state index in [2.05, 4.69) is 5.92 Å². The number of rotatable bonds is 2. The van der Waals surface area contributed by atoms with Gasteiger partial charge in [0.2, 0.25) is 0 Å². The molecule has 0 atom stereocenters. The molecule has 0 saturated heterocycles. The van der Waals surface area contributed by atoms with E-state index in [9.17, 15) is 8.42 Å². The first-order chi connectivity index (χ1) is 7.91. The molecule has 0 aliphatic heterocycles. The summed E-state index contributed by atoms with van der Waals surface area (Å²) in [5.41, 5.74) is 0.956. The van der Waals surface area contributed by atoms with Crippen LogP contribution in [0.4, 0.5) is 0 Å². The van der Waals surface area contributed by atoms with E-state index in [1.807, 2.05) is 20.0 Å². The Labute approximate surface area is 102 Å². The molecule has 94 valence electrons. The van der Waals surface area contributed by atoms with E-state index in [1.54, 1.807) is 12.1 Å². The molecule has 0 amide bonds. The summed E-state index contributed by atoms with van der Waals surface area (Å²) in [5.74, 6) is 2.50. The molecular formula is C12H16O4S. The van der Waals surface area contributed by atoms with Crippen molar-refractivity contribution < 1.29 is 18.1 Å². The third-order valence-corrected chi connectivity index (χ3v) is 2.64. The van der Waals surface area contributed by atoms with E-state index >= 15 is 0 Å². The van der Waals surface area contributed by atoms with Gasteiger partial charge in [0.05, 0.1) is 4.90 Å². The summed E-state index contributed by atoms with van der Waals surface area (Å²) in [7, 11) is -4.02. The molecule has 4 nitrogen and oxygen atoms in total. The lowest BCUT2D eigenvalue weighted by Gasteiger charge is -1.95. The zero-order chi connectivity index (χ0) is 13.3. The van der Waals surface area contributed by atoms with E-state index < -0.39 is 10.1 Å². The van der Waals surface area contributed by atoms with E-state index in [1.165, 1.54) is 12.1 Å². The maximum Gasteiger partial charge on any atom is 0.294 e. The van der Waals surface area contributed by atoms with Crippen LogP contribution in [0.15, 0.2) is 29.2 Å². The third-order valence-electron chi connectivity index (χ3n) is 1.77.